The predicted molar refractivity (Wildman–Crippen MR) is 122 cm³/mol. The second-order valence-electron chi connectivity index (χ2n) is 7.07. The molecule has 3 aromatic rings. The lowest BCUT2D eigenvalue weighted by atomic mass is 10.00. The highest BCUT2D eigenvalue weighted by molar-refractivity contribution is 9.10. The molecule has 0 aliphatic carbocycles. The Morgan fingerprint density at radius 3 is 2.60 bits per heavy atom. The Kier molecular flexibility index (Phi) is 5.86. The van der Waals surface area contributed by atoms with Gasteiger partial charge in [-0.15, -0.1) is 0 Å². The molecule has 2 amide bonds. The summed E-state index contributed by atoms with van der Waals surface area (Å²) in [7, 11) is 1.57. The number of ether oxygens (including phenoxy) is 1. The van der Waals surface area contributed by atoms with Crippen LogP contribution in [0.25, 0.3) is 0 Å². The Balaban J connectivity index is 1.57. The van der Waals surface area contributed by atoms with Gasteiger partial charge in [0.15, 0.2) is 0 Å². The third-order valence-corrected chi connectivity index (χ3v) is 5.83. The van der Waals surface area contributed by atoms with Crippen molar-refractivity contribution in [1.82, 2.24) is 0 Å². The molecule has 6 heteroatoms. The highest BCUT2D eigenvalue weighted by Gasteiger charge is 2.24. The number of hydrogen-bond acceptors (Lipinski definition) is 3. The number of hydrogen-bond donors (Lipinski definition) is 1. The fourth-order valence-corrected chi connectivity index (χ4v) is 4.05. The van der Waals surface area contributed by atoms with Gasteiger partial charge in [0.25, 0.3) is 11.8 Å². The maximum atomic E-state index is 12.9. The molecule has 0 radical (unpaired) electrons. The Hall–Kier alpha value is -3.12. The van der Waals surface area contributed by atoms with Gasteiger partial charge in [-0.2, -0.15) is 0 Å². The minimum atomic E-state index is -0.228. The lowest BCUT2D eigenvalue weighted by Gasteiger charge is -2.30. The number of halogens is 1. The number of rotatable bonds is 4. The van der Waals surface area contributed by atoms with Gasteiger partial charge < -0.3 is 15.0 Å². The monoisotopic (exact) mass is 464 g/mol. The van der Waals surface area contributed by atoms with E-state index in [2.05, 4.69) is 21.2 Å². The van der Waals surface area contributed by atoms with E-state index in [0.29, 0.717) is 33.6 Å². The first-order valence-corrected chi connectivity index (χ1v) is 10.5. The van der Waals surface area contributed by atoms with Crippen molar-refractivity contribution in [2.75, 3.05) is 23.9 Å². The Morgan fingerprint density at radius 2 is 1.83 bits per heavy atom. The molecule has 0 atom stereocenters. The number of benzene rings is 3. The van der Waals surface area contributed by atoms with Gasteiger partial charge in [0.1, 0.15) is 5.75 Å². The highest BCUT2D eigenvalue weighted by Crippen LogP contribution is 2.31. The fraction of sp³-hybridized carbons (Fsp3) is 0.167. The van der Waals surface area contributed by atoms with Crippen LogP contribution in [0.15, 0.2) is 71.2 Å². The number of nitrogens with one attached hydrogen (secondary N) is 1. The number of anilines is 2. The van der Waals surface area contributed by atoms with Gasteiger partial charge in [0.2, 0.25) is 0 Å². The fourth-order valence-electron chi connectivity index (χ4n) is 3.63. The average molecular weight is 465 g/mol. The van der Waals surface area contributed by atoms with Crippen molar-refractivity contribution in [3.8, 4) is 5.75 Å². The number of aryl methyl sites for hydroxylation is 1. The van der Waals surface area contributed by atoms with Gasteiger partial charge >= 0.3 is 0 Å². The molecule has 5 nitrogen and oxygen atoms in total. The van der Waals surface area contributed by atoms with E-state index in [1.165, 1.54) is 0 Å². The number of carbonyl (C=O) groups excluding carboxylic acids is 2. The maximum absolute atomic E-state index is 12.9. The molecule has 3 aromatic carbocycles. The van der Waals surface area contributed by atoms with Crippen LogP contribution < -0.4 is 15.0 Å². The standard InChI is InChI=1S/C24H21BrN2O3/c1-30-19-10-11-21(25)20(15-19)23(28)26-18-9-12-22-17(14-18)8-5-13-27(22)24(29)16-6-3-2-4-7-16/h2-4,6-7,9-12,14-15H,5,8,13H2,1H3,(H,26,28). The zero-order chi connectivity index (χ0) is 21.1. The van der Waals surface area contributed by atoms with Crippen LogP contribution in [0, 0.1) is 0 Å². The molecule has 0 saturated carbocycles. The van der Waals surface area contributed by atoms with Gasteiger partial charge in [-0.1, -0.05) is 18.2 Å². The van der Waals surface area contributed by atoms with Crippen molar-refractivity contribution in [3.63, 3.8) is 0 Å². The normalized spacial score (nSPS) is 12.8. The number of methoxy groups -OCH3 is 1. The highest BCUT2D eigenvalue weighted by atomic mass is 79.9. The molecular formula is C24H21BrN2O3. The van der Waals surface area contributed by atoms with E-state index in [0.717, 1.165) is 24.1 Å². The van der Waals surface area contributed by atoms with Crippen LogP contribution >= 0.6 is 15.9 Å². The van der Waals surface area contributed by atoms with E-state index in [1.807, 2.05) is 53.4 Å². The summed E-state index contributed by atoms with van der Waals surface area (Å²) in [5, 5.41) is 2.95. The maximum Gasteiger partial charge on any atom is 0.258 e. The van der Waals surface area contributed by atoms with Crippen LogP contribution in [0.2, 0.25) is 0 Å². The molecule has 0 saturated heterocycles. The Morgan fingerprint density at radius 1 is 1.03 bits per heavy atom. The van der Waals surface area contributed by atoms with Crippen molar-refractivity contribution >= 4 is 39.1 Å². The molecule has 1 heterocycles. The van der Waals surface area contributed by atoms with E-state index in [9.17, 15) is 9.59 Å². The SMILES string of the molecule is COc1ccc(Br)c(C(=O)Nc2ccc3c(c2)CCCN3C(=O)c2ccccc2)c1. The quantitative estimate of drug-likeness (QED) is 0.569. The van der Waals surface area contributed by atoms with E-state index in [4.69, 9.17) is 4.74 Å². The molecule has 4 rings (SSSR count). The van der Waals surface area contributed by atoms with Crippen LogP contribution in [0.1, 0.15) is 32.7 Å². The first kappa shape index (κ1) is 20.2. The molecule has 0 unspecified atom stereocenters. The first-order valence-electron chi connectivity index (χ1n) is 9.71. The Labute approximate surface area is 183 Å². The number of fused-ring (bicyclic) bond motifs is 1. The third kappa shape index (κ3) is 4.09. The minimum absolute atomic E-state index is 0.00588. The van der Waals surface area contributed by atoms with Crippen molar-refractivity contribution in [1.29, 1.82) is 0 Å². The van der Waals surface area contributed by atoms with Crippen molar-refractivity contribution in [2.45, 2.75) is 12.8 Å². The second kappa shape index (κ2) is 8.71. The summed E-state index contributed by atoms with van der Waals surface area (Å²) >= 11 is 3.42. The second-order valence-corrected chi connectivity index (χ2v) is 7.92. The Bertz CT molecular complexity index is 1100. The summed E-state index contributed by atoms with van der Waals surface area (Å²) < 4.78 is 5.91. The number of nitrogens with zero attached hydrogens (tertiary/aromatic N) is 1. The average Bonchev–Trinajstić information content (AvgIpc) is 2.79. The van der Waals surface area contributed by atoms with Crippen molar-refractivity contribution in [2.24, 2.45) is 0 Å². The summed E-state index contributed by atoms with van der Waals surface area (Å²) in [6.45, 7) is 0.684. The summed E-state index contributed by atoms with van der Waals surface area (Å²) in [5.74, 6) is 0.381. The molecule has 0 bridgehead atoms. The predicted octanol–water partition coefficient (Wildman–Crippen LogP) is 5.30. The van der Waals surface area contributed by atoms with E-state index in [1.54, 1.807) is 25.3 Å². The molecule has 152 valence electrons. The summed E-state index contributed by atoms with van der Waals surface area (Å²) in [4.78, 5) is 27.5. The largest absolute Gasteiger partial charge is 0.497 e. The molecule has 0 fully saturated rings. The van der Waals surface area contributed by atoms with Gasteiger partial charge in [-0.05, 0) is 82.9 Å². The van der Waals surface area contributed by atoms with Gasteiger partial charge in [-0.3, -0.25) is 9.59 Å². The van der Waals surface area contributed by atoms with Gasteiger partial charge in [-0.25, -0.2) is 0 Å². The lowest BCUT2D eigenvalue weighted by molar-refractivity contribution is 0.0983. The van der Waals surface area contributed by atoms with Gasteiger partial charge in [0.05, 0.1) is 12.7 Å². The molecule has 0 spiro atoms. The lowest BCUT2D eigenvalue weighted by Crippen LogP contribution is -2.35. The summed E-state index contributed by atoms with van der Waals surface area (Å²) in [6, 6.07) is 20.3. The molecule has 1 aliphatic heterocycles. The molecule has 30 heavy (non-hydrogen) atoms. The molecular weight excluding hydrogens is 444 g/mol. The number of amides is 2. The summed E-state index contributed by atoms with van der Waals surface area (Å²) in [5.41, 5.74) is 3.81. The summed E-state index contributed by atoms with van der Waals surface area (Å²) in [6.07, 6.45) is 1.74. The van der Waals surface area contributed by atoms with E-state index < -0.39 is 0 Å². The molecule has 1 aliphatic rings. The number of carbonyl (C=O) groups is 2. The topological polar surface area (TPSA) is 58.6 Å². The van der Waals surface area contributed by atoms with Crippen LogP contribution in [-0.4, -0.2) is 25.5 Å². The van der Waals surface area contributed by atoms with Crippen molar-refractivity contribution in [3.05, 3.63) is 87.9 Å². The van der Waals surface area contributed by atoms with Gasteiger partial charge in [0, 0.05) is 28.0 Å². The van der Waals surface area contributed by atoms with E-state index >= 15 is 0 Å². The van der Waals surface area contributed by atoms with Crippen LogP contribution in [0.4, 0.5) is 11.4 Å². The third-order valence-electron chi connectivity index (χ3n) is 5.14. The van der Waals surface area contributed by atoms with E-state index in [-0.39, 0.29) is 11.8 Å². The zero-order valence-corrected chi connectivity index (χ0v) is 18.1. The molecule has 1 N–H and O–H groups in total. The smallest absolute Gasteiger partial charge is 0.258 e. The van der Waals surface area contributed by atoms with Crippen LogP contribution in [0.3, 0.4) is 0 Å². The molecule has 0 aromatic heterocycles. The van der Waals surface area contributed by atoms with Crippen LogP contribution in [-0.2, 0) is 6.42 Å². The van der Waals surface area contributed by atoms with Crippen molar-refractivity contribution < 1.29 is 14.3 Å². The first-order chi connectivity index (χ1) is 14.6. The zero-order valence-electron chi connectivity index (χ0n) is 16.5. The minimum Gasteiger partial charge on any atom is -0.497 e. The van der Waals surface area contributed by atoms with Crippen LogP contribution in [0.5, 0.6) is 5.75 Å².